The smallest absolute Gasteiger partial charge is 0.410 e. The van der Waals surface area contributed by atoms with Crippen molar-refractivity contribution in [2.75, 3.05) is 26.7 Å². The average molecular weight is 251 g/mol. The number of hydrogen-bond donors (Lipinski definition) is 1. The summed E-state index contributed by atoms with van der Waals surface area (Å²) >= 11 is 0. The summed E-state index contributed by atoms with van der Waals surface area (Å²) in [5, 5.41) is 2.45. The van der Waals surface area contributed by atoms with E-state index in [4.69, 9.17) is 4.74 Å². The fourth-order valence-electron chi connectivity index (χ4n) is 2.22. The van der Waals surface area contributed by atoms with Gasteiger partial charge < -0.3 is 10.1 Å². The van der Waals surface area contributed by atoms with Gasteiger partial charge in [0.25, 0.3) is 0 Å². The standard InChI is InChI=1S/C14H22N2O2/c1-5-16(6-2,7-3)12-9-8-10-13(11-12)18-14(17)15-4/h8-11H,5-7H2,1-4H3/p+1. The van der Waals surface area contributed by atoms with E-state index in [1.807, 2.05) is 12.1 Å². The summed E-state index contributed by atoms with van der Waals surface area (Å²) in [4.78, 5) is 11.2. The molecule has 1 aromatic carbocycles. The van der Waals surface area contributed by atoms with Crippen LogP contribution in [0.15, 0.2) is 24.3 Å². The van der Waals surface area contributed by atoms with Gasteiger partial charge in [0.2, 0.25) is 0 Å². The number of amides is 1. The molecule has 0 aliphatic heterocycles. The monoisotopic (exact) mass is 251 g/mol. The number of nitrogens with zero attached hydrogens (tertiary/aromatic N) is 1. The molecule has 0 atom stereocenters. The second-order valence-corrected chi connectivity index (χ2v) is 4.23. The van der Waals surface area contributed by atoms with Crippen LogP contribution in [0.25, 0.3) is 0 Å². The molecule has 0 bridgehead atoms. The summed E-state index contributed by atoms with van der Waals surface area (Å²) < 4.78 is 6.07. The summed E-state index contributed by atoms with van der Waals surface area (Å²) in [6.07, 6.45) is -0.435. The third kappa shape index (κ3) is 3.01. The molecule has 4 heteroatoms. The Labute approximate surface area is 109 Å². The zero-order valence-electron chi connectivity index (χ0n) is 11.7. The minimum Gasteiger partial charge on any atom is -0.410 e. The first-order valence-electron chi connectivity index (χ1n) is 6.48. The van der Waals surface area contributed by atoms with Crippen LogP contribution in [-0.4, -0.2) is 32.8 Å². The average Bonchev–Trinajstić information content (AvgIpc) is 2.42. The minimum absolute atomic E-state index is 0.435. The Hall–Kier alpha value is -1.55. The summed E-state index contributed by atoms with van der Waals surface area (Å²) in [5.74, 6) is 0.588. The molecule has 0 aromatic heterocycles. The van der Waals surface area contributed by atoms with Crippen molar-refractivity contribution in [2.45, 2.75) is 20.8 Å². The van der Waals surface area contributed by atoms with Crippen molar-refractivity contribution < 1.29 is 9.53 Å². The van der Waals surface area contributed by atoms with Gasteiger partial charge in [0.1, 0.15) is 11.4 Å². The van der Waals surface area contributed by atoms with E-state index in [0.717, 1.165) is 24.1 Å². The summed E-state index contributed by atoms with van der Waals surface area (Å²) in [7, 11) is 1.55. The highest BCUT2D eigenvalue weighted by atomic mass is 16.5. The van der Waals surface area contributed by atoms with Crippen molar-refractivity contribution in [1.29, 1.82) is 0 Å². The highest BCUT2D eigenvalue weighted by Crippen LogP contribution is 2.27. The lowest BCUT2D eigenvalue weighted by Gasteiger charge is -2.35. The molecule has 100 valence electrons. The first-order chi connectivity index (χ1) is 8.61. The number of hydrogen-bond acceptors (Lipinski definition) is 2. The van der Waals surface area contributed by atoms with E-state index in [9.17, 15) is 4.79 Å². The third-order valence-electron chi connectivity index (χ3n) is 3.60. The van der Waals surface area contributed by atoms with Gasteiger partial charge >= 0.3 is 6.09 Å². The van der Waals surface area contributed by atoms with Crippen molar-refractivity contribution in [3.63, 3.8) is 0 Å². The second kappa shape index (κ2) is 6.40. The molecule has 0 fully saturated rings. The largest absolute Gasteiger partial charge is 0.412 e. The minimum atomic E-state index is -0.435. The Morgan fingerprint density at radius 2 is 1.83 bits per heavy atom. The van der Waals surface area contributed by atoms with Crippen LogP contribution in [0.4, 0.5) is 10.5 Å². The Balaban J connectivity index is 3.03. The molecule has 1 aromatic rings. The molecule has 4 nitrogen and oxygen atoms in total. The van der Waals surface area contributed by atoms with Gasteiger partial charge in [-0.25, -0.2) is 4.79 Å². The lowest BCUT2D eigenvalue weighted by atomic mass is 10.2. The summed E-state index contributed by atoms with van der Waals surface area (Å²) in [5.41, 5.74) is 1.18. The Morgan fingerprint density at radius 1 is 1.22 bits per heavy atom. The van der Waals surface area contributed by atoms with Crippen molar-refractivity contribution in [2.24, 2.45) is 0 Å². The van der Waals surface area contributed by atoms with Crippen LogP contribution in [0.3, 0.4) is 0 Å². The second-order valence-electron chi connectivity index (χ2n) is 4.23. The fraction of sp³-hybridized carbons (Fsp3) is 0.500. The molecule has 0 heterocycles. The summed E-state index contributed by atoms with van der Waals surface area (Å²) in [6, 6.07) is 7.77. The molecule has 0 saturated heterocycles. The van der Waals surface area contributed by atoms with E-state index in [0.29, 0.717) is 5.75 Å². The number of benzene rings is 1. The lowest BCUT2D eigenvalue weighted by molar-refractivity contribution is 0.203. The molecule has 18 heavy (non-hydrogen) atoms. The van der Waals surface area contributed by atoms with Crippen LogP contribution in [0.5, 0.6) is 5.75 Å². The molecule has 1 N–H and O–H groups in total. The van der Waals surface area contributed by atoms with Crippen LogP contribution < -0.4 is 14.5 Å². The molecule has 0 unspecified atom stereocenters. The molecular formula is C14H23N2O2+. The number of nitrogens with one attached hydrogen (secondary N) is 1. The van der Waals surface area contributed by atoms with E-state index in [1.165, 1.54) is 5.69 Å². The van der Waals surface area contributed by atoms with E-state index < -0.39 is 6.09 Å². The maximum atomic E-state index is 11.2. The van der Waals surface area contributed by atoms with Gasteiger partial charge in [-0.2, -0.15) is 0 Å². The number of quaternary nitrogens is 1. The van der Waals surface area contributed by atoms with Crippen molar-refractivity contribution >= 4 is 11.8 Å². The molecular weight excluding hydrogens is 228 g/mol. The summed E-state index contributed by atoms with van der Waals surface area (Å²) in [6.45, 7) is 9.61. The van der Waals surface area contributed by atoms with Gasteiger partial charge in [-0.3, -0.25) is 4.48 Å². The maximum Gasteiger partial charge on any atom is 0.412 e. The van der Waals surface area contributed by atoms with Crippen LogP contribution >= 0.6 is 0 Å². The topological polar surface area (TPSA) is 38.3 Å². The van der Waals surface area contributed by atoms with E-state index >= 15 is 0 Å². The Bertz CT molecular complexity index is 392. The zero-order valence-corrected chi connectivity index (χ0v) is 11.7. The van der Waals surface area contributed by atoms with Gasteiger partial charge in [0.05, 0.1) is 19.6 Å². The Kier molecular flexibility index (Phi) is 5.16. The molecule has 0 saturated carbocycles. The van der Waals surface area contributed by atoms with Gasteiger partial charge in [0.15, 0.2) is 0 Å². The van der Waals surface area contributed by atoms with E-state index in [-0.39, 0.29) is 0 Å². The number of carbonyl (C=O) groups is 1. The fourth-order valence-corrected chi connectivity index (χ4v) is 2.22. The predicted octanol–water partition coefficient (Wildman–Crippen LogP) is 2.77. The van der Waals surface area contributed by atoms with Crippen molar-refractivity contribution in [3.05, 3.63) is 24.3 Å². The van der Waals surface area contributed by atoms with Crippen LogP contribution in [0.1, 0.15) is 20.8 Å². The SMILES string of the molecule is CC[N+](CC)(CC)c1cccc(OC(=O)NC)c1. The number of rotatable bonds is 5. The third-order valence-corrected chi connectivity index (χ3v) is 3.60. The van der Waals surface area contributed by atoms with E-state index in [1.54, 1.807) is 13.1 Å². The number of ether oxygens (including phenoxy) is 1. The molecule has 0 spiro atoms. The van der Waals surface area contributed by atoms with Crippen molar-refractivity contribution in [3.8, 4) is 5.75 Å². The normalized spacial score (nSPS) is 11.1. The quantitative estimate of drug-likeness (QED) is 0.817. The van der Waals surface area contributed by atoms with Gasteiger partial charge in [-0.1, -0.05) is 6.07 Å². The highest BCUT2D eigenvalue weighted by Gasteiger charge is 2.24. The zero-order chi connectivity index (χ0) is 13.6. The molecule has 1 rings (SSSR count). The predicted molar refractivity (Wildman–Crippen MR) is 74.9 cm³/mol. The van der Waals surface area contributed by atoms with Crippen LogP contribution in [0, 0.1) is 0 Å². The number of carbonyl (C=O) groups excluding carboxylic acids is 1. The molecule has 0 radical (unpaired) electrons. The van der Waals surface area contributed by atoms with Gasteiger partial charge in [-0.05, 0) is 32.9 Å². The lowest BCUT2D eigenvalue weighted by Crippen LogP contribution is -2.48. The van der Waals surface area contributed by atoms with Gasteiger partial charge in [-0.15, -0.1) is 0 Å². The van der Waals surface area contributed by atoms with E-state index in [2.05, 4.69) is 32.2 Å². The highest BCUT2D eigenvalue weighted by molar-refractivity contribution is 5.70. The van der Waals surface area contributed by atoms with Crippen LogP contribution in [0.2, 0.25) is 0 Å². The van der Waals surface area contributed by atoms with Crippen molar-refractivity contribution in [1.82, 2.24) is 9.80 Å². The first kappa shape index (κ1) is 14.5. The first-order valence-corrected chi connectivity index (χ1v) is 6.48. The molecule has 1 amide bonds. The maximum absolute atomic E-state index is 11.2. The molecule has 0 aliphatic rings. The van der Waals surface area contributed by atoms with Crippen LogP contribution in [-0.2, 0) is 0 Å². The Morgan fingerprint density at radius 3 is 2.33 bits per heavy atom. The molecule has 0 aliphatic carbocycles. The van der Waals surface area contributed by atoms with Gasteiger partial charge in [0, 0.05) is 13.1 Å².